The van der Waals surface area contributed by atoms with Gasteiger partial charge in [-0.15, -0.1) is 0 Å². The molecule has 1 aliphatic rings. The van der Waals surface area contributed by atoms with Gasteiger partial charge in [-0.25, -0.2) is 0 Å². The maximum Gasteiger partial charge on any atom is 0.168 e. The van der Waals surface area contributed by atoms with Crippen molar-refractivity contribution in [3.8, 4) is 0 Å². The minimum absolute atomic E-state index is 0.0996. The molecule has 0 N–H and O–H groups in total. The van der Waals surface area contributed by atoms with E-state index in [1.54, 1.807) is 0 Å². The van der Waals surface area contributed by atoms with E-state index >= 15 is 0 Å². The van der Waals surface area contributed by atoms with Gasteiger partial charge < -0.3 is 0 Å². The summed E-state index contributed by atoms with van der Waals surface area (Å²) in [7, 11) is 0. The van der Waals surface area contributed by atoms with Crippen molar-refractivity contribution in [3.05, 3.63) is 70.2 Å². The van der Waals surface area contributed by atoms with Crippen LogP contribution in [-0.2, 0) is 0 Å². The first-order valence-corrected chi connectivity index (χ1v) is 6.90. The minimum Gasteiger partial charge on any atom is -0.294 e. The monoisotopic (exact) mass is 270 g/mol. The molecule has 1 nitrogen and oxygen atoms in total. The van der Waals surface area contributed by atoms with Gasteiger partial charge in [0.2, 0.25) is 0 Å². The van der Waals surface area contributed by atoms with Gasteiger partial charge in [0.05, 0.1) is 5.02 Å². The van der Waals surface area contributed by atoms with E-state index in [-0.39, 0.29) is 11.7 Å². The second-order valence-corrected chi connectivity index (χ2v) is 5.61. The van der Waals surface area contributed by atoms with Crippen molar-refractivity contribution >= 4 is 17.4 Å². The van der Waals surface area contributed by atoms with Crippen LogP contribution in [0.1, 0.15) is 33.8 Å². The van der Waals surface area contributed by atoms with Gasteiger partial charge in [0.15, 0.2) is 5.78 Å². The molecule has 1 aliphatic carbocycles. The summed E-state index contributed by atoms with van der Waals surface area (Å²) in [4.78, 5) is 12.4. The number of carbonyl (C=O) groups is 1. The van der Waals surface area contributed by atoms with E-state index in [1.165, 1.54) is 5.56 Å². The Morgan fingerprint density at radius 3 is 2.58 bits per heavy atom. The zero-order chi connectivity index (χ0) is 13.4. The van der Waals surface area contributed by atoms with Crippen molar-refractivity contribution < 1.29 is 4.79 Å². The van der Waals surface area contributed by atoms with Gasteiger partial charge in [-0.05, 0) is 42.5 Å². The molecule has 0 amide bonds. The first-order chi connectivity index (χ1) is 9.16. The van der Waals surface area contributed by atoms with Gasteiger partial charge in [0.1, 0.15) is 0 Å². The predicted molar refractivity (Wildman–Crippen MR) is 77.8 cm³/mol. The van der Waals surface area contributed by atoms with Crippen molar-refractivity contribution in [3.63, 3.8) is 0 Å². The molecule has 0 aliphatic heterocycles. The van der Waals surface area contributed by atoms with Crippen LogP contribution in [0.5, 0.6) is 0 Å². The number of ketones is 1. The molecule has 0 aromatic heterocycles. The third kappa shape index (κ3) is 2.43. The Labute approximate surface area is 118 Å². The highest BCUT2D eigenvalue weighted by Crippen LogP contribution is 2.49. The van der Waals surface area contributed by atoms with Gasteiger partial charge >= 0.3 is 0 Å². The lowest BCUT2D eigenvalue weighted by Gasteiger charge is -2.04. The fraction of sp³-hybridized carbons (Fsp3) is 0.235. The molecule has 2 aromatic carbocycles. The number of carbonyl (C=O) groups excluding carboxylic acids is 1. The maximum atomic E-state index is 12.4. The van der Waals surface area contributed by atoms with Crippen LogP contribution in [0.25, 0.3) is 0 Å². The van der Waals surface area contributed by atoms with E-state index in [1.807, 2.05) is 43.3 Å². The lowest BCUT2D eigenvalue weighted by molar-refractivity contribution is 0.0965. The van der Waals surface area contributed by atoms with Crippen molar-refractivity contribution in [2.24, 2.45) is 5.92 Å². The fourth-order valence-corrected chi connectivity index (χ4v) is 2.90. The van der Waals surface area contributed by atoms with Crippen LogP contribution in [0.2, 0.25) is 5.02 Å². The largest absolute Gasteiger partial charge is 0.294 e. The summed E-state index contributed by atoms with van der Waals surface area (Å²) in [6.45, 7) is 1.98. The number of hydrogen-bond donors (Lipinski definition) is 0. The van der Waals surface area contributed by atoms with Gasteiger partial charge in [-0.3, -0.25) is 4.79 Å². The molecule has 3 rings (SSSR count). The molecule has 1 fully saturated rings. The highest BCUT2D eigenvalue weighted by Gasteiger charge is 2.44. The third-order valence-corrected chi connectivity index (χ3v) is 4.06. The molecule has 96 valence electrons. The van der Waals surface area contributed by atoms with Crippen LogP contribution >= 0.6 is 11.6 Å². The van der Waals surface area contributed by atoms with E-state index in [2.05, 4.69) is 12.1 Å². The molecular formula is C17H15ClO. The summed E-state index contributed by atoms with van der Waals surface area (Å²) in [5.74, 6) is 0.646. The minimum atomic E-state index is 0.0996. The first-order valence-electron chi connectivity index (χ1n) is 6.52. The average Bonchev–Trinajstić information content (AvgIpc) is 3.19. The number of aryl methyl sites for hydroxylation is 1. The first kappa shape index (κ1) is 12.4. The van der Waals surface area contributed by atoms with Crippen LogP contribution in [0.3, 0.4) is 0 Å². The molecule has 0 saturated heterocycles. The Balaban J connectivity index is 1.80. The van der Waals surface area contributed by atoms with Crippen LogP contribution in [0.15, 0.2) is 48.5 Å². The Bertz CT molecular complexity index is 618. The maximum absolute atomic E-state index is 12.4. The van der Waals surface area contributed by atoms with Crippen molar-refractivity contribution in [2.75, 3.05) is 0 Å². The summed E-state index contributed by atoms with van der Waals surface area (Å²) in [5.41, 5.74) is 3.00. The topological polar surface area (TPSA) is 17.1 Å². The van der Waals surface area contributed by atoms with E-state index in [0.29, 0.717) is 16.5 Å². The standard InChI is InChI=1S/C17H15ClO/c1-11-7-8-13(16(18)9-11)17(19)15-10-14(15)12-5-3-2-4-6-12/h2-9,14-15H,10H2,1H3. The zero-order valence-corrected chi connectivity index (χ0v) is 11.5. The molecule has 0 spiro atoms. The number of halogens is 1. The summed E-state index contributed by atoms with van der Waals surface area (Å²) in [5, 5.41) is 0.573. The molecule has 2 unspecified atom stereocenters. The summed E-state index contributed by atoms with van der Waals surface area (Å²) in [6, 6.07) is 15.9. The van der Waals surface area contributed by atoms with E-state index in [9.17, 15) is 4.79 Å². The molecule has 2 aromatic rings. The predicted octanol–water partition coefficient (Wildman–Crippen LogP) is 4.63. The lowest BCUT2D eigenvalue weighted by atomic mass is 10.0. The molecule has 2 atom stereocenters. The normalized spacial score (nSPS) is 21.2. The van der Waals surface area contributed by atoms with E-state index in [4.69, 9.17) is 11.6 Å². The summed E-state index contributed by atoms with van der Waals surface area (Å²) in [6.07, 6.45) is 0.938. The fourth-order valence-electron chi connectivity index (χ4n) is 2.57. The zero-order valence-electron chi connectivity index (χ0n) is 10.8. The molecule has 19 heavy (non-hydrogen) atoms. The van der Waals surface area contributed by atoms with Crippen molar-refractivity contribution in [1.82, 2.24) is 0 Å². The molecular weight excluding hydrogens is 256 g/mol. The highest BCUT2D eigenvalue weighted by atomic mass is 35.5. The Morgan fingerprint density at radius 2 is 1.89 bits per heavy atom. The van der Waals surface area contributed by atoms with Gasteiger partial charge in [-0.1, -0.05) is 48.0 Å². The van der Waals surface area contributed by atoms with Crippen LogP contribution in [0.4, 0.5) is 0 Å². The lowest BCUT2D eigenvalue weighted by Crippen LogP contribution is -2.04. The third-order valence-electron chi connectivity index (χ3n) is 3.74. The van der Waals surface area contributed by atoms with Crippen molar-refractivity contribution in [1.29, 1.82) is 0 Å². The molecule has 1 saturated carbocycles. The van der Waals surface area contributed by atoms with Crippen LogP contribution < -0.4 is 0 Å². The highest BCUT2D eigenvalue weighted by molar-refractivity contribution is 6.34. The average molecular weight is 271 g/mol. The second-order valence-electron chi connectivity index (χ2n) is 5.21. The Kier molecular flexibility index (Phi) is 3.16. The molecule has 0 heterocycles. The van der Waals surface area contributed by atoms with Crippen LogP contribution in [-0.4, -0.2) is 5.78 Å². The van der Waals surface area contributed by atoms with Gasteiger partial charge in [0, 0.05) is 11.5 Å². The molecule has 0 bridgehead atoms. The molecule has 2 heteroatoms. The number of rotatable bonds is 3. The van der Waals surface area contributed by atoms with Crippen molar-refractivity contribution in [2.45, 2.75) is 19.3 Å². The molecule has 0 radical (unpaired) electrons. The SMILES string of the molecule is Cc1ccc(C(=O)C2CC2c2ccccc2)c(Cl)c1. The number of Topliss-reactive ketones (excluding diaryl/α,β-unsaturated/α-hetero) is 1. The van der Waals surface area contributed by atoms with E-state index < -0.39 is 0 Å². The summed E-state index contributed by atoms with van der Waals surface area (Å²) < 4.78 is 0. The smallest absolute Gasteiger partial charge is 0.168 e. The summed E-state index contributed by atoms with van der Waals surface area (Å²) >= 11 is 6.17. The Morgan fingerprint density at radius 1 is 1.16 bits per heavy atom. The second kappa shape index (κ2) is 4.82. The van der Waals surface area contributed by atoms with E-state index in [0.717, 1.165) is 12.0 Å². The van der Waals surface area contributed by atoms with Gasteiger partial charge in [-0.2, -0.15) is 0 Å². The van der Waals surface area contributed by atoms with Crippen LogP contribution in [0, 0.1) is 12.8 Å². The quantitative estimate of drug-likeness (QED) is 0.743. The Hall–Kier alpha value is -1.60. The van der Waals surface area contributed by atoms with Gasteiger partial charge in [0.25, 0.3) is 0 Å². The number of benzene rings is 2. The number of hydrogen-bond acceptors (Lipinski definition) is 1.